The van der Waals surface area contributed by atoms with Crippen molar-refractivity contribution in [3.63, 3.8) is 0 Å². The Kier molecular flexibility index (Phi) is 7.99. The van der Waals surface area contributed by atoms with E-state index in [1.807, 2.05) is 38.2 Å². The van der Waals surface area contributed by atoms with Gasteiger partial charge in [-0.2, -0.15) is 0 Å². The van der Waals surface area contributed by atoms with Crippen LogP contribution in [0.4, 0.5) is 5.69 Å². The molecule has 152 valence electrons. The highest BCUT2D eigenvalue weighted by Gasteiger charge is 2.33. The zero-order valence-electron chi connectivity index (χ0n) is 17.0. The minimum absolute atomic E-state index is 0.00482. The molecule has 0 aliphatic carbocycles. The van der Waals surface area contributed by atoms with E-state index in [9.17, 15) is 9.59 Å². The third-order valence-corrected chi connectivity index (χ3v) is 5.15. The number of rotatable bonds is 8. The van der Waals surface area contributed by atoms with Gasteiger partial charge in [-0.05, 0) is 50.2 Å². The molecular formula is C21H29N3O3S. The lowest BCUT2D eigenvalue weighted by Gasteiger charge is -2.35. The van der Waals surface area contributed by atoms with Crippen LogP contribution in [0.15, 0.2) is 35.5 Å². The number of amides is 1. The summed E-state index contributed by atoms with van der Waals surface area (Å²) in [7, 11) is 1.81. The first-order valence-electron chi connectivity index (χ1n) is 9.70. The first kappa shape index (κ1) is 21.9. The highest BCUT2D eigenvalue weighted by Crippen LogP contribution is 2.31. The maximum atomic E-state index is 12.6. The van der Waals surface area contributed by atoms with Gasteiger partial charge in [0.15, 0.2) is 5.11 Å². The minimum Gasteiger partial charge on any atom is -0.463 e. The summed E-state index contributed by atoms with van der Waals surface area (Å²) < 4.78 is 5.26. The highest BCUT2D eigenvalue weighted by atomic mass is 32.1. The molecule has 1 amide bonds. The number of nitrogens with one attached hydrogen (secondary N) is 2. The van der Waals surface area contributed by atoms with Crippen molar-refractivity contribution in [3.05, 3.63) is 41.1 Å². The molecule has 1 atom stereocenters. The SMILES string of the molecule is CCCCCC(=O)Nc1cccc(C2NC(=S)N(C)C(C)=C2C(=O)OCC)c1. The molecule has 0 aromatic heterocycles. The number of thiocarbonyl (C=S) groups is 1. The molecule has 0 saturated heterocycles. The van der Waals surface area contributed by atoms with Gasteiger partial charge in [-0.25, -0.2) is 4.79 Å². The van der Waals surface area contributed by atoms with Crippen molar-refractivity contribution in [1.82, 2.24) is 10.2 Å². The molecule has 1 aliphatic heterocycles. The molecule has 1 heterocycles. The number of allylic oxidation sites excluding steroid dienone is 1. The number of esters is 1. The largest absolute Gasteiger partial charge is 0.463 e. The van der Waals surface area contributed by atoms with Gasteiger partial charge < -0.3 is 20.3 Å². The molecule has 0 saturated carbocycles. The quantitative estimate of drug-likeness (QED) is 0.390. The lowest BCUT2D eigenvalue weighted by molar-refractivity contribution is -0.139. The molecule has 2 N–H and O–H groups in total. The normalized spacial score (nSPS) is 16.6. The van der Waals surface area contributed by atoms with E-state index < -0.39 is 6.04 Å². The summed E-state index contributed by atoms with van der Waals surface area (Å²) in [6, 6.07) is 7.05. The number of ether oxygens (including phenoxy) is 1. The van der Waals surface area contributed by atoms with Crippen LogP contribution in [0.3, 0.4) is 0 Å². The van der Waals surface area contributed by atoms with Crippen molar-refractivity contribution in [2.45, 2.75) is 52.5 Å². The van der Waals surface area contributed by atoms with Crippen LogP contribution < -0.4 is 10.6 Å². The van der Waals surface area contributed by atoms with Gasteiger partial charge in [0.2, 0.25) is 5.91 Å². The number of benzene rings is 1. The second-order valence-corrected chi connectivity index (χ2v) is 7.18. The molecular weight excluding hydrogens is 374 g/mol. The summed E-state index contributed by atoms with van der Waals surface area (Å²) in [6.07, 6.45) is 3.49. The molecule has 1 aromatic rings. The van der Waals surface area contributed by atoms with Crippen LogP contribution in [0.2, 0.25) is 0 Å². The van der Waals surface area contributed by atoms with Gasteiger partial charge in [0.1, 0.15) is 0 Å². The van der Waals surface area contributed by atoms with Crippen LogP contribution in [-0.4, -0.2) is 35.5 Å². The second-order valence-electron chi connectivity index (χ2n) is 6.79. The zero-order valence-corrected chi connectivity index (χ0v) is 17.8. The van der Waals surface area contributed by atoms with E-state index in [0.29, 0.717) is 29.4 Å². The molecule has 0 bridgehead atoms. The molecule has 1 unspecified atom stereocenters. The smallest absolute Gasteiger partial charge is 0.338 e. The Balaban J connectivity index is 2.28. The maximum Gasteiger partial charge on any atom is 0.338 e. The van der Waals surface area contributed by atoms with E-state index in [1.165, 1.54) is 0 Å². The molecule has 0 fully saturated rings. The molecule has 28 heavy (non-hydrogen) atoms. The third kappa shape index (κ3) is 5.32. The third-order valence-electron chi connectivity index (χ3n) is 4.76. The number of hydrogen-bond donors (Lipinski definition) is 2. The van der Waals surface area contributed by atoms with Gasteiger partial charge in [-0.3, -0.25) is 4.79 Å². The number of carbonyl (C=O) groups is 2. The predicted octanol–water partition coefficient (Wildman–Crippen LogP) is 3.90. The van der Waals surface area contributed by atoms with Gasteiger partial charge in [0, 0.05) is 24.9 Å². The Hall–Kier alpha value is -2.41. The molecule has 0 radical (unpaired) electrons. The Bertz CT molecular complexity index is 776. The molecule has 7 heteroatoms. The van der Waals surface area contributed by atoms with Gasteiger partial charge in [-0.15, -0.1) is 0 Å². The van der Waals surface area contributed by atoms with Crippen LogP contribution in [0, 0.1) is 0 Å². The number of nitrogens with zero attached hydrogens (tertiary/aromatic N) is 1. The van der Waals surface area contributed by atoms with Crippen molar-refractivity contribution in [2.24, 2.45) is 0 Å². The molecule has 0 spiro atoms. The van der Waals surface area contributed by atoms with Gasteiger partial charge in [-0.1, -0.05) is 31.9 Å². The molecule has 2 rings (SSSR count). The number of carbonyl (C=O) groups excluding carboxylic acids is 2. The average molecular weight is 404 g/mol. The Labute approximate surface area is 172 Å². The maximum absolute atomic E-state index is 12.6. The molecule has 1 aliphatic rings. The summed E-state index contributed by atoms with van der Waals surface area (Å²) in [5, 5.41) is 6.68. The fourth-order valence-electron chi connectivity index (χ4n) is 3.11. The van der Waals surface area contributed by atoms with Crippen molar-refractivity contribution >= 4 is 34.9 Å². The predicted molar refractivity (Wildman–Crippen MR) is 115 cm³/mol. The molecule has 6 nitrogen and oxygen atoms in total. The van der Waals surface area contributed by atoms with E-state index >= 15 is 0 Å². The van der Waals surface area contributed by atoms with Crippen molar-refractivity contribution in [2.75, 3.05) is 19.0 Å². The van der Waals surface area contributed by atoms with Gasteiger partial charge in [0.05, 0.1) is 18.2 Å². The van der Waals surface area contributed by atoms with E-state index in [4.69, 9.17) is 17.0 Å². The lowest BCUT2D eigenvalue weighted by atomic mass is 9.95. The van der Waals surface area contributed by atoms with E-state index in [2.05, 4.69) is 17.6 Å². The Morgan fingerprint density at radius 2 is 2.04 bits per heavy atom. The van der Waals surface area contributed by atoms with Crippen LogP contribution in [0.25, 0.3) is 0 Å². The van der Waals surface area contributed by atoms with Crippen molar-refractivity contribution in [3.8, 4) is 0 Å². The Morgan fingerprint density at radius 1 is 1.29 bits per heavy atom. The van der Waals surface area contributed by atoms with Gasteiger partial charge in [0.25, 0.3) is 0 Å². The number of unbranched alkanes of at least 4 members (excludes halogenated alkanes) is 2. The summed E-state index contributed by atoms with van der Waals surface area (Å²) >= 11 is 5.41. The summed E-state index contributed by atoms with van der Waals surface area (Å²) in [5.74, 6) is -0.379. The standard InChI is InChI=1S/C21H29N3O3S/c1-5-7-8-12-17(25)22-16-11-9-10-15(13-16)19-18(20(26)27-6-2)14(3)24(4)21(28)23-19/h9-11,13,19H,5-8,12H2,1-4H3,(H,22,25)(H,23,28). The zero-order chi connectivity index (χ0) is 20.7. The fourth-order valence-corrected chi connectivity index (χ4v) is 3.37. The van der Waals surface area contributed by atoms with Crippen molar-refractivity contribution < 1.29 is 14.3 Å². The fraction of sp³-hybridized carbons (Fsp3) is 0.476. The number of hydrogen-bond acceptors (Lipinski definition) is 4. The molecule has 1 aromatic carbocycles. The number of anilines is 1. The summed E-state index contributed by atoms with van der Waals surface area (Å²) in [6.45, 7) is 6.04. The average Bonchev–Trinajstić information content (AvgIpc) is 2.66. The summed E-state index contributed by atoms with van der Waals surface area (Å²) in [4.78, 5) is 26.5. The second kappa shape index (κ2) is 10.2. The first-order valence-corrected chi connectivity index (χ1v) is 10.1. The highest BCUT2D eigenvalue weighted by molar-refractivity contribution is 7.80. The van der Waals surface area contributed by atoms with Crippen LogP contribution in [-0.2, 0) is 14.3 Å². The van der Waals surface area contributed by atoms with Crippen molar-refractivity contribution in [1.29, 1.82) is 0 Å². The van der Waals surface area contributed by atoms with Crippen LogP contribution >= 0.6 is 12.2 Å². The Morgan fingerprint density at radius 3 is 2.71 bits per heavy atom. The summed E-state index contributed by atoms with van der Waals surface area (Å²) in [5.41, 5.74) is 2.81. The first-order chi connectivity index (χ1) is 13.4. The van der Waals surface area contributed by atoms with Crippen LogP contribution in [0.5, 0.6) is 0 Å². The van der Waals surface area contributed by atoms with E-state index in [0.717, 1.165) is 30.5 Å². The van der Waals surface area contributed by atoms with E-state index in [1.54, 1.807) is 11.8 Å². The van der Waals surface area contributed by atoms with E-state index in [-0.39, 0.29) is 11.9 Å². The minimum atomic E-state index is -0.431. The monoisotopic (exact) mass is 403 g/mol. The topological polar surface area (TPSA) is 70.7 Å². The van der Waals surface area contributed by atoms with Gasteiger partial charge >= 0.3 is 5.97 Å². The van der Waals surface area contributed by atoms with Crippen LogP contribution in [0.1, 0.15) is 58.1 Å². The lowest BCUT2D eigenvalue weighted by Crippen LogP contribution is -2.46.